The zero-order valence-electron chi connectivity index (χ0n) is 11.6. The number of rotatable bonds is 3. The number of anilines is 1. The first kappa shape index (κ1) is 14.1. The summed E-state index contributed by atoms with van der Waals surface area (Å²) in [7, 11) is 1.55. The zero-order chi connectivity index (χ0) is 15.7. The second-order valence-electron chi connectivity index (χ2n) is 4.71. The number of aromatic nitrogens is 1. The molecule has 0 unspecified atom stereocenters. The Morgan fingerprint density at radius 2 is 1.95 bits per heavy atom. The smallest absolute Gasteiger partial charge is 0.272 e. The van der Waals surface area contributed by atoms with Gasteiger partial charge in [0.2, 0.25) is 0 Å². The molecule has 2 N–H and O–H groups in total. The van der Waals surface area contributed by atoms with Crippen molar-refractivity contribution in [2.24, 2.45) is 0 Å². The summed E-state index contributed by atoms with van der Waals surface area (Å²) in [6.45, 7) is 0. The van der Waals surface area contributed by atoms with Crippen molar-refractivity contribution in [3.05, 3.63) is 59.8 Å². The third kappa shape index (κ3) is 2.63. The molecule has 6 heteroatoms. The molecule has 0 aliphatic carbocycles. The van der Waals surface area contributed by atoms with Crippen LogP contribution in [-0.4, -0.2) is 18.0 Å². The number of amides is 1. The number of carbonyl (C=O) groups excluding carboxylic acids is 1. The second-order valence-corrected chi connectivity index (χ2v) is 4.71. The maximum Gasteiger partial charge on any atom is 0.272 e. The fourth-order valence-corrected chi connectivity index (χ4v) is 2.14. The van der Waals surface area contributed by atoms with E-state index in [0.29, 0.717) is 11.8 Å². The number of nitrogens with one attached hydrogen (secondary N) is 2. The summed E-state index contributed by atoms with van der Waals surface area (Å²) in [6, 6.07) is 9.95. The lowest BCUT2D eigenvalue weighted by molar-refractivity contribution is 0.102. The quantitative estimate of drug-likeness (QED) is 0.775. The number of benzene rings is 2. The van der Waals surface area contributed by atoms with Crippen LogP contribution in [0.25, 0.3) is 10.9 Å². The lowest BCUT2D eigenvalue weighted by Gasteiger charge is -2.04. The highest BCUT2D eigenvalue weighted by molar-refractivity contribution is 6.06. The van der Waals surface area contributed by atoms with Crippen LogP contribution >= 0.6 is 0 Å². The van der Waals surface area contributed by atoms with Crippen LogP contribution in [0, 0.1) is 11.6 Å². The molecule has 1 heterocycles. The molecule has 0 spiro atoms. The summed E-state index contributed by atoms with van der Waals surface area (Å²) < 4.78 is 31.5. The predicted molar refractivity (Wildman–Crippen MR) is 79.2 cm³/mol. The topological polar surface area (TPSA) is 54.1 Å². The Hall–Kier alpha value is -2.89. The highest BCUT2D eigenvalue weighted by atomic mass is 19.1. The van der Waals surface area contributed by atoms with Gasteiger partial charge in [-0.3, -0.25) is 4.79 Å². The minimum atomic E-state index is -0.828. The molecule has 22 heavy (non-hydrogen) atoms. The van der Waals surface area contributed by atoms with Gasteiger partial charge >= 0.3 is 0 Å². The number of carbonyl (C=O) groups is 1. The molecule has 0 saturated carbocycles. The monoisotopic (exact) mass is 302 g/mol. The van der Waals surface area contributed by atoms with Crippen molar-refractivity contribution in [1.82, 2.24) is 4.98 Å². The summed E-state index contributed by atoms with van der Waals surface area (Å²) >= 11 is 0. The maximum absolute atomic E-state index is 13.5. The summed E-state index contributed by atoms with van der Waals surface area (Å²) in [4.78, 5) is 15.1. The predicted octanol–water partition coefficient (Wildman–Crippen LogP) is 3.71. The Morgan fingerprint density at radius 1 is 1.14 bits per heavy atom. The number of methoxy groups -OCH3 is 1. The van der Waals surface area contributed by atoms with Gasteiger partial charge in [0.25, 0.3) is 5.91 Å². The molecule has 0 aliphatic rings. The SMILES string of the molecule is COc1ccc2cc(C(=O)Nc3ccc(F)cc3F)[nH]c2c1. The van der Waals surface area contributed by atoms with Crippen LogP contribution < -0.4 is 10.1 Å². The van der Waals surface area contributed by atoms with Gasteiger partial charge in [-0.25, -0.2) is 8.78 Å². The van der Waals surface area contributed by atoms with E-state index in [0.717, 1.165) is 17.0 Å². The summed E-state index contributed by atoms with van der Waals surface area (Å²) in [5.41, 5.74) is 0.915. The van der Waals surface area contributed by atoms with Gasteiger partial charge in [-0.05, 0) is 30.3 Å². The van der Waals surface area contributed by atoms with Gasteiger partial charge in [0.05, 0.1) is 12.8 Å². The van der Waals surface area contributed by atoms with E-state index in [2.05, 4.69) is 10.3 Å². The van der Waals surface area contributed by atoms with Crippen molar-refractivity contribution in [3.63, 3.8) is 0 Å². The van der Waals surface area contributed by atoms with Crippen LogP contribution in [0.2, 0.25) is 0 Å². The summed E-state index contributed by atoms with van der Waals surface area (Å²) in [5.74, 6) is -1.38. The Labute approximate surface area is 124 Å². The largest absolute Gasteiger partial charge is 0.497 e. The molecule has 0 bridgehead atoms. The van der Waals surface area contributed by atoms with Crippen molar-refractivity contribution in [2.75, 3.05) is 12.4 Å². The van der Waals surface area contributed by atoms with Gasteiger partial charge < -0.3 is 15.0 Å². The Balaban J connectivity index is 1.88. The number of hydrogen-bond acceptors (Lipinski definition) is 2. The highest BCUT2D eigenvalue weighted by Gasteiger charge is 2.13. The van der Waals surface area contributed by atoms with Crippen LogP contribution in [0.4, 0.5) is 14.5 Å². The van der Waals surface area contributed by atoms with E-state index in [9.17, 15) is 13.6 Å². The molecule has 1 amide bonds. The van der Waals surface area contributed by atoms with Crippen LogP contribution in [0.15, 0.2) is 42.5 Å². The first-order chi connectivity index (χ1) is 10.6. The lowest BCUT2D eigenvalue weighted by Crippen LogP contribution is -2.13. The Morgan fingerprint density at radius 3 is 2.68 bits per heavy atom. The normalized spacial score (nSPS) is 10.7. The van der Waals surface area contributed by atoms with Crippen molar-refractivity contribution < 1.29 is 18.3 Å². The van der Waals surface area contributed by atoms with Crippen LogP contribution in [0.1, 0.15) is 10.5 Å². The van der Waals surface area contributed by atoms with Crippen molar-refractivity contribution in [3.8, 4) is 5.75 Å². The average Bonchev–Trinajstić information content (AvgIpc) is 2.93. The highest BCUT2D eigenvalue weighted by Crippen LogP contribution is 2.22. The fraction of sp³-hybridized carbons (Fsp3) is 0.0625. The number of aromatic amines is 1. The van der Waals surface area contributed by atoms with Gasteiger partial charge in [-0.15, -0.1) is 0 Å². The molecule has 4 nitrogen and oxygen atoms in total. The van der Waals surface area contributed by atoms with Crippen LogP contribution in [0.3, 0.4) is 0 Å². The van der Waals surface area contributed by atoms with Gasteiger partial charge in [0, 0.05) is 23.0 Å². The third-order valence-electron chi connectivity index (χ3n) is 3.25. The van der Waals surface area contributed by atoms with E-state index in [4.69, 9.17) is 4.74 Å². The lowest BCUT2D eigenvalue weighted by atomic mass is 10.2. The Kier molecular flexibility index (Phi) is 3.50. The summed E-state index contributed by atoms with van der Waals surface area (Å²) in [6.07, 6.45) is 0. The molecule has 0 fully saturated rings. The minimum absolute atomic E-state index is 0.0809. The van der Waals surface area contributed by atoms with E-state index in [1.807, 2.05) is 0 Å². The second kappa shape index (κ2) is 5.48. The first-order valence-corrected chi connectivity index (χ1v) is 6.50. The van der Waals surface area contributed by atoms with E-state index in [1.54, 1.807) is 31.4 Å². The first-order valence-electron chi connectivity index (χ1n) is 6.50. The molecule has 3 rings (SSSR count). The van der Waals surface area contributed by atoms with Gasteiger partial charge in [0.1, 0.15) is 23.1 Å². The van der Waals surface area contributed by atoms with Gasteiger partial charge in [-0.2, -0.15) is 0 Å². The van der Waals surface area contributed by atoms with Crippen LogP contribution in [-0.2, 0) is 0 Å². The molecule has 0 radical (unpaired) electrons. The Bertz CT molecular complexity index is 858. The number of H-pyrrole nitrogens is 1. The minimum Gasteiger partial charge on any atom is -0.497 e. The summed E-state index contributed by atoms with van der Waals surface area (Å²) in [5, 5.41) is 3.22. The van der Waals surface area contributed by atoms with Gasteiger partial charge in [0.15, 0.2) is 0 Å². The zero-order valence-corrected chi connectivity index (χ0v) is 11.6. The van der Waals surface area contributed by atoms with Crippen molar-refractivity contribution in [2.45, 2.75) is 0 Å². The van der Waals surface area contributed by atoms with Gasteiger partial charge in [-0.1, -0.05) is 0 Å². The number of fused-ring (bicyclic) bond motifs is 1. The fourth-order valence-electron chi connectivity index (χ4n) is 2.14. The molecule has 2 aromatic carbocycles. The average molecular weight is 302 g/mol. The molecular weight excluding hydrogens is 290 g/mol. The number of halogens is 2. The molecule has 0 atom stereocenters. The third-order valence-corrected chi connectivity index (χ3v) is 3.25. The molecule has 0 saturated heterocycles. The molecule has 1 aromatic heterocycles. The van der Waals surface area contributed by atoms with Crippen LogP contribution in [0.5, 0.6) is 5.75 Å². The van der Waals surface area contributed by atoms with E-state index in [-0.39, 0.29) is 11.4 Å². The van der Waals surface area contributed by atoms with Crippen molar-refractivity contribution in [1.29, 1.82) is 0 Å². The molecule has 0 aliphatic heterocycles. The molecule has 3 aromatic rings. The molecular formula is C16H12F2N2O2. The standard InChI is InChI=1S/C16H12F2N2O2/c1-22-11-4-2-9-6-15(19-14(9)8-11)16(21)20-13-5-3-10(17)7-12(13)18/h2-8,19H,1H3,(H,20,21). The maximum atomic E-state index is 13.5. The van der Waals surface area contributed by atoms with E-state index >= 15 is 0 Å². The van der Waals surface area contributed by atoms with Crippen molar-refractivity contribution >= 4 is 22.5 Å². The number of ether oxygens (including phenoxy) is 1. The van der Waals surface area contributed by atoms with E-state index in [1.165, 1.54) is 6.07 Å². The number of hydrogen-bond donors (Lipinski definition) is 2. The molecule has 112 valence electrons. The van der Waals surface area contributed by atoms with E-state index < -0.39 is 17.5 Å².